The first-order chi connectivity index (χ1) is 11.4. The maximum absolute atomic E-state index is 3.00. The van der Waals surface area contributed by atoms with Gasteiger partial charge in [-0.2, -0.15) is 43.2 Å². The molecule has 132 valence electrons. The number of hydrogen-bond acceptors (Lipinski definition) is 0. The molecule has 3 rings (SSSR count). The molecule has 1 aliphatic carbocycles. The Hall–Kier alpha value is -0.314. The van der Waals surface area contributed by atoms with Gasteiger partial charge in [-0.05, 0) is 11.5 Å². The van der Waals surface area contributed by atoms with Gasteiger partial charge < -0.3 is 6.42 Å². The maximum atomic E-state index is 3.00. The molecule has 0 spiro atoms. The second-order valence-corrected chi connectivity index (χ2v) is 6.46. The quantitative estimate of drug-likeness (QED) is 0.275. The molecule has 0 amide bonds. The summed E-state index contributed by atoms with van der Waals surface area (Å²) in [5, 5.41) is 0. The summed E-state index contributed by atoms with van der Waals surface area (Å²) in [6.45, 7) is 2.29. The number of unbranched alkanes of at least 4 members (excludes halogenated alkanes) is 2. The van der Waals surface area contributed by atoms with Crippen LogP contribution < -0.4 is 0 Å². The molecule has 1 saturated carbocycles. The van der Waals surface area contributed by atoms with E-state index in [0.717, 1.165) is 5.92 Å². The van der Waals surface area contributed by atoms with Gasteiger partial charge in [0.15, 0.2) is 0 Å². The first-order valence-corrected chi connectivity index (χ1v) is 9.23. The van der Waals surface area contributed by atoms with Crippen molar-refractivity contribution in [1.29, 1.82) is 0 Å². The summed E-state index contributed by atoms with van der Waals surface area (Å²) in [6.07, 6.45) is 14.0. The molecule has 0 saturated heterocycles. The van der Waals surface area contributed by atoms with Gasteiger partial charge in [0, 0.05) is 0 Å². The summed E-state index contributed by atoms with van der Waals surface area (Å²) in [4.78, 5) is 0. The average molecular weight is 412 g/mol. The smallest absolute Gasteiger partial charge is 0.328 e. The predicted octanol–water partition coefficient (Wildman–Crippen LogP) is 7.31. The van der Waals surface area contributed by atoms with Crippen molar-refractivity contribution in [3.05, 3.63) is 67.1 Å². The molecule has 2 aromatic carbocycles. The fraction of sp³-hybridized carbons (Fsp3) is 0.435. The number of benzene rings is 2. The molecule has 1 fully saturated rings. The van der Waals surface area contributed by atoms with Crippen LogP contribution in [0.1, 0.15) is 58.3 Å². The molecule has 0 atom stereocenters. The maximum Gasteiger partial charge on any atom is 2.00 e. The van der Waals surface area contributed by atoms with E-state index in [4.69, 9.17) is 0 Å². The van der Waals surface area contributed by atoms with E-state index in [0.29, 0.717) is 0 Å². The van der Waals surface area contributed by atoms with Crippen molar-refractivity contribution in [2.75, 3.05) is 0 Å². The molecule has 25 heavy (non-hydrogen) atoms. The van der Waals surface area contributed by atoms with Gasteiger partial charge in [-0.15, -0.1) is 22.5 Å². The minimum Gasteiger partial charge on any atom is -0.328 e. The number of rotatable bonds is 5. The topological polar surface area (TPSA) is 0 Å². The minimum atomic E-state index is 0. The van der Waals surface area contributed by atoms with Crippen LogP contribution in [-0.4, -0.2) is 23.1 Å². The van der Waals surface area contributed by atoms with Gasteiger partial charge in [-0.1, -0.05) is 75.8 Å². The Kier molecular flexibility index (Phi) is 15.7. The van der Waals surface area contributed by atoms with Gasteiger partial charge in [-0.3, -0.25) is 0 Å². The third kappa shape index (κ3) is 10.4. The van der Waals surface area contributed by atoms with Crippen LogP contribution in [0.2, 0.25) is 0 Å². The van der Waals surface area contributed by atoms with E-state index in [9.17, 15) is 0 Å². The molecule has 0 heterocycles. The third-order valence-corrected chi connectivity index (χ3v) is 4.60. The van der Waals surface area contributed by atoms with Crippen molar-refractivity contribution in [2.45, 2.75) is 58.3 Å². The van der Waals surface area contributed by atoms with Gasteiger partial charge in [0.25, 0.3) is 0 Å². The van der Waals surface area contributed by atoms with Crippen molar-refractivity contribution in [2.24, 2.45) is 5.92 Å². The van der Waals surface area contributed by atoms with Crippen LogP contribution in [0.3, 0.4) is 0 Å². The molecular weight excluding hydrogens is 380 g/mol. The Morgan fingerprint density at radius 1 is 0.920 bits per heavy atom. The van der Waals surface area contributed by atoms with E-state index in [1.165, 1.54) is 62.5 Å². The first kappa shape index (κ1) is 24.7. The van der Waals surface area contributed by atoms with Crippen LogP contribution in [0.4, 0.5) is 0 Å². The second-order valence-electron chi connectivity index (χ2n) is 6.46. The van der Waals surface area contributed by atoms with Crippen LogP contribution in [0.25, 0.3) is 11.1 Å². The largest absolute Gasteiger partial charge is 2.00 e. The number of hydrogen-bond donors (Lipinski definition) is 0. The second kappa shape index (κ2) is 15.9. The Morgan fingerprint density at radius 3 is 2.12 bits per heavy atom. The minimum absolute atomic E-state index is 0. The molecule has 0 radical (unpaired) electrons. The van der Waals surface area contributed by atoms with Crippen molar-refractivity contribution in [1.82, 2.24) is 0 Å². The van der Waals surface area contributed by atoms with Gasteiger partial charge in [-0.25, -0.2) is 0 Å². The Balaban J connectivity index is 0.000000429. The van der Waals surface area contributed by atoms with E-state index < -0.39 is 0 Å². The molecule has 1 aliphatic rings. The Labute approximate surface area is 181 Å². The molecule has 0 N–H and O–H groups in total. The van der Waals surface area contributed by atoms with E-state index in [1.54, 1.807) is 0 Å². The molecular formula is C23H31BrMg. The monoisotopic (exact) mass is 410 g/mol. The standard InChI is InChI=1S/C12H9.C11H21.BrH.Mg/c1-3-7-11(8-4-1)12-9-5-2-6-10-12;1-2-3-5-8-11-9-6-4-7-10-11;;/h1,3-10H;4,11H,2-3,5-10H2,1H3;1H;/q2*-1;;+2. The SMILES string of the molecule is Br.CCCCCC1CC[CH-]CC1.[Mg+2].[c-]1ccc(-c2ccccc2)cc1. The fourth-order valence-corrected chi connectivity index (χ4v) is 3.18. The predicted molar refractivity (Wildman–Crippen MR) is 117 cm³/mol. The zero-order chi connectivity index (χ0) is 16.2. The normalized spacial score (nSPS) is 13.6. The van der Waals surface area contributed by atoms with Crippen LogP contribution in [0.15, 0.2) is 54.6 Å². The Bertz CT molecular complexity index is 469. The molecule has 2 aromatic rings. The summed E-state index contributed by atoms with van der Waals surface area (Å²) in [7, 11) is 0. The molecule has 0 aromatic heterocycles. The van der Waals surface area contributed by atoms with Crippen LogP contribution in [0.5, 0.6) is 0 Å². The van der Waals surface area contributed by atoms with Crippen molar-refractivity contribution >= 4 is 40.0 Å². The van der Waals surface area contributed by atoms with Gasteiger partial charge in [0.05, 0.1) is 0 Å². The van der Waals surface area contributed by atoms with Crippen LogP contribution in [0, 0.1) is 18.4 Å². The van der Waals surface area contributed by atoms with E-state index >= 15 is 0 Å². The molecule has 0 aliphatic heterocycles. The summed E-state index contributed by atoms with van der Waals surface area (Å²) < 4.78 is 0. The van der Waals surface area contributed by atoms with Crippen LogP contribution in [-0.2, 0) is 0 Å². The van der Waals surface area contributed by atoms with E-state index in [1.807, 2.05) is 30.3 Å². The third-order valence-electron chi connectivity index (χ3n) is 4.60. The zero-order valence-electron chi connectivity index (χ0n) is 15.6. The zero-order valence-corrected chi connectivity index (χ0v) is 18.8. The van der Waals surface area contributed by atoms with Crippen LogP contribution >= 0.6 is 17.0 Å². The summed E-state index contributed by atoms with van der Waals surface area (Å²) >= 11 is 0. The van der Waals surface area contributed by atoms with Crippen molar-refractivity contribution in [3.63, 3.8) is 0 Å². The van der Waals surface area contributed by atoms with E-state index in [2.05, 4.69) is 43.7 Å². The summed E-state index contributed by atoms with van der Waals surface area (Å²) in [5.41, 5.74) is 2.50. The van der Waals surface area contributed by atoms with Gasteiger partial charge >= 0.3 is 23.1 Å². The summed E-state index contributed by atoms with van der Waals surface area (Å²) in [5.74, 6) is 1.08. The molecule has 2 heteroatoms. The molecule has 0 nitrogen and oxygen atoms in total. The first-order valence-electron chi connectivity index (χ1n) is 9.23. The van der Waals surface area contributed by atoms with Crippen molar-refractivity contribution in [3.8, 4) is 11.1 Å². The van der Waals surface area contributed by atoms with Crippen molar-refractivity contribution < 1.29 is 0 Å². The molecule has 0 bridgehead atoms. The van der Waals surface area contributed by atoms with Gasteiger partial charge in [0.1, 0.15) is 0 Å². The van der Waals surface area contributed by atoms with Gasteiger partial charge in [0.2, 0.25) is 0 Å². The average Bonchev–Trinajstić information content (AvgIpc) is 2.65. The summed E-state index contributed by atoms with van der Waals surface area (Å²) in [6, 6.07) is 21.3. The Morgan fingerprint density at radius 2 is 1.52 bits per heavy atom. The number of halogens is 1. The fourth-order valence-electron chi connectivity index (χ4n) is 3.18. The van der Waals surface area contributed by atoms with E-state index in [-0.39, 0.29) is 40.0 Å². The molecule has 0 unspecified atom stereocenters.